The minimum atomic E-state index is 0.0165. The van der Waals surface area contributed by atoms with Crippen LogP contribution in [0.5, 0.6) is 11.5 Å². The Balaban J connectivity index is 2.26. The van der Waals surface area contributed by atoms with Crippen LogP contribution in [0.4, 0.5) is 0 Å². The Hall–Kier alpha value is -1.79. The Morgan fingerprint density at radius 2 is 2.11 bits per heavy atom. The molecule has 7 heteroatoms. The van der Waals surface area contributed by atoms with Gasteiger partial charge < -0.3 is 15.7 Å². The maximum atomic E-state index is 8.64. The lowest BCUT2D eigenvalue weighted by Crippen LogP contribution is -2.13. The zero-order valence-corrected chi connectivity index (χ0v) is 11.9. The van der Waals surface area contributed by atoms with Gasteiger partial charge in [-0.1, -0.05) is 16.8 Å². The third kappa shape index (κ3) is 3.36. The van der Waals surface area contributed by atoms with E-state index >= 15 is 0 Å². The number of rotatable bonds is 3. The van der Waals surface area contributed by atoms with Crippen LogP contribution < -0.4 is 10.5 Å². The van der Waals surface area contributed by atoms with E-state index in [0.29, 0.717) is 26.6 Å². The van der Waals surface area contributed by atoms with Gasteiger partial charge >= 0.3 is 0 Å². The van der Waals surface area contributed by atoms with Crippen molar-refractivity contribution >= 4 is 33.4 Å². The first-order valence-corrected chi connectivity index (χ1v) is 6.33. The maximum absolute atomic E-state index is 8.64. The minimum absolute atomic E-state index is 0.0165. The Morgan fingerprint density at radius 3 is 2.74 bits per heavy atom. The fraction of sp³-hybridized carbons (Fsp3) is 0. The van der Waals surface area contributed by atoms with E-state index in [1.807, 2.05) is 0 Å². The van der Waals surface area contributed by atoms with Crippen molar-refractivity contribution in [2.24, 2.45) is 10.9 Å². The predicted molar refractivity (Wildman–Crippen MR) is 76.0 cm³/mol. The molecule has 0 saturated carbocycles. The van der Waals surface area contributed by atoms with E-state index in [-0.39, 0.29) is 5.84 Å². The Bertz CT molecular complexity index is 634. The van der Waals surface area contributed by atoms with E-state index in [9.17, 15) is 0 Å². The molecular formula is C12H9BrClN3O2. The predicted octanol–water partition coefficient (Wildman–Crippen LogP) is 3.38. The maximum Gasteiger partial charge on any atom is 0.171 e. The third-order valence-corrected chi connectivity index (χ3v) is 3.10. The molecule has 1 aromatic carbocycles. The van der Waals surface area contributed by atoms with Gasteiger partial charge in [0.05, 0.1) is 11.2 Å². The van der Waals surface area contributed by atoms with Crippen LogP contribution in [0.1, 0.15) is 5.56 Å². The summed E-state index contributed by atoms with van der Waals surface area (Å²) in [5, 5.41) is 12.1. The summed E-state index contributed by atoms with van der Waals surface area (Å²) in [5.74, 6) is 1.12. The van der Waals surface area contributed by atoms with E-state index in [1.165, 1.54) is 6.20 Å². The van der Waals surface area contributed by atoms with Gasteiger partial charge in [0, 0.05) is 22.3 Å². The first-order chi connectivity index (χ1) is 9.10. The number of amidine groups is 1. The fourth-order valence-corrected chi connectivity index (χ4v) is 2.13. The quantitative estimate of drug-likeness (QED) is 0.388. The number of halogens is 2. The van der Waals surface area contributed by atoms with Crippen molar-refractivity contribution in [2.75, 3.05) is 0 Å². The zero-order chi connectivity index (χ0) is 13.8. The van der Waals surface area contributed by atoms with Crippen LogP contribution in [0.2, 0.25) is 5.02 Å². The summed E-state index contributed by atoms with van der Waals surface area (Å²) in [4.78, 5) is 3.92. The summed E-state index contributed by atoms with van der Waals surface area (Å²) >= 11 is 9.14. The lowest BCUT2D eigenvalue weighted by Gasteiger charge is -2.08. The van der Waals surface area contributed by atoms with Gasteiger partial charge in [-0.25, -0.2) is 0 Å². The molecule has 0 spiro atoms. The largest absolute Gasteiger partial charge is 0.456 e. The number of hydrogen-bond donors (Lipinski definition) is 2. The summed E-state index contributed by atoms with van der Waals surface area (Å²) < 4.78 is 6.24. The average Bonchev–Trinajstić information content (AvgIpc) is 2.38. The van der Waals surface area contributed by atoms with Crippen molar-refractivity contribution in [3.8, 4) is 11.5 Å². The van der Waals surface area contributed by atoms with Crippen molar-refractivity contribution in [1.29, 1.82) is 0 Å². The first kappa shape index (κ1) is 13.6. The number of nitrogens with two attached hydrogens (primary N) is 1. The molecule has 0 aliphatic carbocycles. The minimum Gasteiger partial charge on any atom is -0.456 e. The van der Waals surface area contributed by atoms with Gasteiger partial charge in [-0.3, -0.25) is 4.98 Å². The van der Waals surface area contributed by atoms with Gasteiger partial charge in [0.25, 0.3) is 0 Å². The molecule has 0 aliphatic rings. The number of benzene rings is 1. The van der Waals surface area contributed by atoms with Crippen molar-refractivity contribution in [3.63, 3.8) is 0 Å². The molecule has 98 valence electrons. The highest BCUT2D eigenvalue weighted by Gasteiger charge is 2.07. The molecule has 1 heterocycles. The second kappa shape index (κ2) is 5.90. The molecule has 0 bridgehead atoms. The van der Waals surface area contributed by atoms with E-state index in [0.717, 1.165) is 0 Å². The van der Waals surface area contributed by atoms with Crippen molar-refractivity contribution < 1.29 is 9.94 Å². The molecule has 2 aromatic rings. The van der Waals surface area contributed by atoms with Gasteiger partial charge in [-0.2, -0.15) is 0 Å². The molecule has 2 rings (SSSR count). The van der Waals surface area contributed by atoms with Gasteiger partial charge in [0.15, 0.2) is 5.84 Å². The summed E-state index contributed by atoms with van der Waals surface area (Å²) in [5.41, 5.74) is 6.09. The molecule has 1 aromatic heterocycles. The monoisotopic (exact) mass is 341 g/mol. The highest BCUT2D eigenvalue weighted by Crippen LogP contribution is 2.27. The van der Waals surface area contributed by atoms with E-state index in [4.69, 9.17) is 27.3 Å². The Labute approximate surface area is 122 Å². The summed E-state index contributed by atoms with van der Waals surface area (Å²) in [6.45, 7) is 0. The average molecular weight is 343 g/mol. The zero-order valence-electron chi connectivity index (χ0n) is 9.55. The van der Waals surface area contributed by atoms with Gasteiger partial charge in [0.1, 0.15) is 11.5 Å². The molecule has 3 N–H and O–H groups in total. The van der Waals surface area contributed by atoms with Crippen LogP contribution in [0, 0.1) is 0 Å². The van der Waals surface area contributed by atoms with E-state index in [1.54, 1.807) is 30.5 Å². The Kier molecular flexibility index (Phi) is 4.24. The summed E-state index contributed by atoms with van der Waals surface area (Å²) in [6, 6.07) is 6.72. The highest BCUT2D eigenvalue weighted by atomic mass is 79.9. The lowest BCUT2D eigenvalue weighted by atomic mass is 10.2. The van der Waals surface area contributed by atoms with Crippen molar-refractivity contribution in [2.45, 2.75) is 0 Å². The third-order valence-electron chi connectivity index (χ3n) is 2.24. The number of oxime groups is 1. The van der Waals surface area contributed by atoms with Crippen molar-refractivity contribution in [3.05, 3.63) is 51.7 Å². The molecule has 19 heavy (non-hydrogen) atoms. The van der Waals surface area contributed by atoms with Gasteiger partial charge in [-0.05, 0) is 34.1 Å². The molecule has 0 radical (unpaired) electrons. The van der Waals surface area contributed by atoms with Gasteiger partial charge in [-0.15, -0.1) is 0 Å². The van der Waals surface area contributed by atoms with Crippen LogP contribution in [-0.4, -0.2) is 16.0 Å². The lowest BCUT2D eigenvalue weighted by molar-refractivity contribution is 0.318. The number of aromatic nitrogens is 1. The van der Waals surface area contributed by atoms with Crippen LogP contribution in [0.3, 0.4) is 0 Å². The molecule has 0 amide bonds. The molecule has 0 saturated heterocycles. The number of ether oxygens (including phenoxy) is 1. The molecule has 0 unspecified atom stereocenters. The number of nitrogens with zero attached hydrogens (tertiary/aromatic N) is 2. The normalized spacial score (nSPS) is 11.4. The van der Waals surface area contributed by atoms with Crippen molar-refractivity contribution in [1.82, 2.24) is 4.98 Å². The molecular weight excluding hydrogens is 334 g/mol. The smallest absolute Gasteiger partial charge is 0.171 e. The van der Waals surface area contributed by atoms with Crippen LogP contribution in [0.25, 0.3) is 0 Å². The van der Waals surface area contributed by atoms with Crippen LogP contribution in [-0.2, 0) is 0 Å². The second-order valence-corrected chi connectivity index (χ2v) is 4.86. The first-order valence-electron chi connectivity index (χ1n) is 5.16. The SMILES string of the molecule is N/C(=N/O)c1ccc(Oc2cncc(Cl)c2)cc1Br. The second-order valence-electron chi connectivity index (χ2n) is 3.57. The molecule has 5 nitrogen and oxygen atoms in total. The molecule has 0 aliphatic heterocycles. The highest BCUT2D eigenvalue weighted by molar-refractivity contribution is 9.10. The van der Waals surface area contributed by atoms with Gasteiger partial charge in [0.2, 0.25) is 0 Å². The number of hydrogen-bond acceptors (Lipinski definition) is 4. The summed E-state index contributed by atoms with van der Waals surface area (Å²) in [6.07, 6.45) is 3.07. The van der Waals surface area contributed by atoms with Crippen LogP contribution in [0.15, 0.2) is 46.3 Å². The summed E-state index contributed by atoms with van der Waals surface area (Å²) in [7, 11) is 0. The molecule has 0 atom stereocenters. The topological polar surface area (TPSA) is 80.7 Å². The standard InChI is InChI=1S/C12H9BrClN3O2/c13-11-4-8(1-2-10(11)12(15)17-18)19-9-3-7(14)5-16-6-9/h1-6,18H,(H2,15,17). The van der Waals surface area contributed by atoms with E-state index < -0.39 is 0 Å². The Morgan fingerprint density at radius 1 is 1.32 bits per heavy atom. The van der Waals surface area contributed by atoms with E-state index in [2.05, 4.69) is 26.1 Å². The number of pyridine rings is 1. The van der Waals surface area contributed by atoms with Crippen LogP contribution >= 0.6 is 27.5 Å². The fourth-order valence-electron chi connectivity index (χ4n) is 1.41. The molecule has 0 fully saturated rings.